The molecule has 0 bridgehead atoms. The van der Waals surface area contributed by atoms with Gasteiger partial charge >= 0.3 is 0 Å². The standard InChI is InChI=1S/C14H24N4O/c1-9(2)10-7-11(17-16-10)13(19)18-6-5-12(15)14(3,4)8-18/h7,9,12H,5-6,8,15H2,1-4H3,(H,16,17). The summed E-state index contributed by atoms with van der Waals surface area (Å²) in [7, 11) is 0. The van der Waals surface area contributed by atoms with Crippen molar-refractivity contribution in [2.24, 2.45) is 11.1 Å². The fourth-order valence-electron chi connectivity index (χ4n) is 2.45. The number of H-pyrrole nitrogens is 1. The van der Waals surface area contributed by atoms with E-state index in [1.165, 1.54) is 0 Å². The van der Waals surface area contributed by atoms with E-state index >= 15 is 0 Å². The predicted octanol–water partition coefficient (Wildman–Crippen LogP) is 1.73. The molecule has 0 aromatic carbocycles. The summed E-state index contributed by atoms with van der Waals surface area (Å²) in [6.45, 7) is 9.78. The molecule has 1 aliphatic rings. The molecule has 0 aliphatic carbocycles. The zero-order chi connectivity index (χ0) is 14.2. The van der Waals surface area contributed by atoms with Gasteiger partial charge in [-0.25, -0.2) is 0 Å². The minimum Gasteiger partial charge on any atom is -0.337 e. The number of nitrogens with one attached hydrogen (secondary N) is 1. The van der Waals surface area contributed by atoms with Crippen molar-refractivity contribution in [3.8, 4) is 0 Å². The van der Waals surface area contributed by atoms with Gasteiger partial charge in [-0.2, -0.15) is 5.10 Å². The van der Waals surface area contributed by atoms with Gasteiger partial charge in [0.25, 0.3) is 5.91 Å². The lowest BCUT2D eigenvalue weighted by atomic mass is 9.79. The summed E-state index contributed by atoms with van der Waals surface area (Å²) in [5, 5.41) is 7.06. The van der Waals surface area contributed by atoms with E-state index in [1.807, 2.05) is 11.0 Å². The van der Waals surface area contributed by atoms with Crippen LogP contribution in [0.1, 0.15) is 56.2 Å². The van der Waals surface area contributed by atoms with Gasteiger partial charge in [0.1, 0.15) is 5.69 Å². The Bertz CT molecular complexity index is 464. The van der Waals surface area contributed by atoms with E-state index in [0.29, 0.717) is 24.7 Å². The third-order valence-electron chi connectivity index (χ3n) is 4.04. The van der Waals surface area contributed by atoms with Crippen LogP contribution in [0.5, 0.6) is 0 Å². The number of aromatic amines is 1. The Kier molecular flexibility index (Phi) is 3.67. The molecule has 5 heteroatoms. The molecule has 1 saturated heterocycles. The minimum absolute atomic E-state index is 0.00289. The molecular formula is C14H24N4O. The van der Waals surface area contributed by atoms with E-state index in [0.717, 1.165) is 12.1 Å². The first-order valence-electron chi connectivity index (χ1n) is 6.91. The molecule has 2 heterocycles. The third-order valence-corrected chi connectivity index (χ3v) is 4.04. The first kappa shape index (κ1) is 14.1. The molecular weight excluding hydrogens is 240 g/mol. The molecule has 2 rings (SSSR count). The van der Waals surface area contributed by atoms with Crippen molar-refractivity contribution < 1.29 is 4.79 Å². The third kappa shape index (κ3) is 2.81. The molecule has 0 radical (unpaired) electrons. The van der Waals surface area contributed by atoms with E-state index < -0.39 is 0 Å². The van der Waals surface area contributed by atoms with Crippen molar-refractivity contribution in [2.75, 3.05) is 13.1 Å². The van der Waals surface area contributed by atoms with Crippen LogP contribution in [-0.2, 0) is 0 Å². The largest absolute Gasteiger partial charge is 0.337 e. The van der Waals surface area contributed by atoms with Crippen molar-refractivity contribution >= 4 is 5.91 Å². The number of rotatable bonds is 2. The van der Waals surface area contributed by atoms with Gasteiger partial charge in [-0.1, -0.05) is 27.7 Å². The minimum atomic E-state index is -0.0366. The fraction of sp³-hybridized carbons (Fsp3) is 0.714. The number of aromatic nitrogens is 2. The van der Waals surface area contributed by atoms with Crippen LogP contribution in [-0.4, -0.2) is 40.1 Å². The Morgan fingerprint density at radius 3 is 2.79 bits per heavy atom. The number of amides is 1. The number of nitrogens with zero attached hydrogens (tertiary/aromatic N) is 2. The van der Waals surface area contributed by atoms with Gasteiger partial charge in [-0.05, 0) is 23.8 Å². The molecule has 1 fully saturated rings. The van der Waals surface area contributed by atoms with Crippen LogP contribution in [0.25, 0.3) is 0 Å². The van der Waals surface area contributed by atoms with E-state index in [1.54, 1.807) is 0 Å². The lowest BCUT2D eigenvalue weighted by Gasteiger charge is -2.42. The predicted molar refractivity (Wildman–Crippen MR) is 75.0 cm³/mol. The van der Waals surface area contributed by atoms with Gasteiger partial charge < -0.3 is 10.6 Å². The van der Waals surface area contributed by atoms with Gasteiger partial charge in [-0.3, -0.25) is 9.89 Å². The van der Waals surface area contributed by atoms with E-state index in [9.17, 15) is 4.79 Å². The number of nitrogens with two attached hydrogens (primary N) is 1. The SMILES string of the molecule is CC(C)c1cc(C(=O)N2CCC(N)C(C)(C)C2)n[nH]1. The van der Waals surface area contributed by atoms with Gasteiger partial charge in [0, 0.05) is 24.8 Å². The monoisotopic (exact) mass is 264 g/mol. The average molecular weight is 264 g/mol. The fourth-order valence-corrected chi connectivity index (χ4v) is 2.45. The van der Waals surface area contributed by atoms with Gasteiger partial charge in [0.15, 0.2) is 0 Å². The van der Waals surface area contributed by atoms with Crippen molar-refractivity contribution in [3.63, 3.8) is 0 Å². The summed E-state index contributed by atoms with van der Waals surface area (Å²) in [6.07, 6.45) is 0.847. The van der Waals surface area contributed by atoms with Crippen molar-refractivity contribution in [2.45, 2.75) is 46.1 Å². The summed E-state index contributed by atoms with van der Waals surface area (Å²) in [5.74, 6) is 0.350. The molecule has 1 aromatic heterocycles. The lowest BCUT2D eigenvalue weighted by Crippen LogP contribution is -2.54. The van der Waals surface area contributed by atoms with Crippen molar-refractivity contribution in [3.05, 3.63) is 17.5 Å². The number of hydrogen-bond donors (Lipinski definition) is 2. The maximum atomic E-state index is 12.4. The summed E-state index contributed by atoms with van der Waals surface area (Å²) in [6, 6.07) is 2.01. The van der Waals surface area contributed by atoms with Gasteiger partial charge in [0.05, 0.1) is 0 Å². The molecule has 1 aliphatic heterocycles. The van der Waals surface area contributed by atoms with E-state index in [2.05, 4.69) is 37.9 Å². The first-order valence-corrected chi connectivity index (χ1v) is 6.91. The van der Waals surface area contributed by atoms with Crippen LogP contribution >= 0.6 is 0 Å². The second-order valence-corrected chi connectivity index (χ2v) is 6.47. The molecule has 1 amide bonds. The van der Waals surface area contributed by atoms with Crippen LogP contribution in [0.4, 0.5) is 0 Å². The second kappa shape index (κ2) is 4.96. The molecule has 0 saturated carbocycles. The molecule has 3 N–H and O–H groups in total. The highest BCUT2D eigenvalue weighted by molar-refractivity contribution is 5.92. The zero-order valence-electron chi connectivity index (χ0n) is 12.2. The Balaban J connectivity index is 2.11. The lowest BCUT2D eigenvalue weighted by molar-refractivity contribution is 0.0527. The zero-order valence-corrected chi connectivity index (χ0v) is 12.2. The molecule has 0 spiro atoms. The normalized spacial score (nSPS) is 22.8. The maximum Gasteiger partial charge on any atom is 0.274 e. The second-order valence-electron chi connectivity index (χ2n) is 6.47. The van der Waals surface area contributed by atoms with E-state index in [-0.39, 0.29) is 17.4 Å². The Labute approximate surface area is 114 Å². The highest BCUT2D eigenvalue weighted by atomic mass is 16.2. The average Bonchev–Trinajstić information content (AvgIpc) is 2.81. The number of hydrogen-bond acceptors (Lipinski definition) is 3. The summed E-state index contributed by atoms with van der Waals surface area (Å²) in [4.78, 5) is 14.3. The quantitative estimate of drug-likeness (QED) is 0.854. The molecule has 1 atom stereocenters. The highest BCUT2D eigenvalue weighted by Gasteiger charge is 2.36. The smallest absolute Gasteiger partial charge is 0.274 e. The summed E-state index contributed by atoms with van der Waals surface area (Å²) >= 11 is 0. The first-order chi connectivity index (χ1) is 8.81. The number of likely N-dealkylation sites (tertiary alicyclic amines) is 1. The summed E-state index contributed by atoms with van der Waals surface area (Å²) < 4.78 is 0. The highest BCUT2D eigenvalue weighted by Crippen LogP contribution is 2.28. The maximum absolute atomic E-state index is 12.4. The number of carbonyl (C=O) groups is 1. The molecule has 106 valence electrons. The molecule has 1 unspecified atom stereocenters. The van der Waals surface area contributed by atoms with E-state index in [4.69, 9.17) is 5.73 Å². The van der Waals surface area contributed by atoms with Gasteiger partial charge in [-0.15, -0.1) is 0 Å². The van der Waals surface area contributed by atoms with Crippen molar-refractivity contribution in [1.82, 2.24) is 15.1 Å². The van der Waals surface area contributed by atoms with Crippen LogP contribution in [0.15, 0.2) is 6.07 Å². The summed E-state index contributed by atoms with van der Waals surface area (Å²) in [5.41, 5.74) is 7.57. The Morgan fingerprint density at radius 2 is 2.26 bits per heavy atom. The van der Waals surface area contributed by atoms with Crippen molar-refractivity contribution in [1.29, 1.82) is 0 Å². The molecule has 19 heavy (non-hydrogen) atoms. The van der Waals surface area contributed by atoms with Crippen LogP contribution in [0, 0.1) is 5.41 Å². The number of piperidine rings is 1. The molecule has 5 nitrogen and oxygen atoms in total. The Hall–Kier alpha value is -1.36. The Morgan fingerprint density at radius 1 is 1.58 bits per heavy atom. The van der Waals surface area contributed by atoms with Crippen LogP contribution in [0.3, 0.4) is 0 Å². The van der Waals surface area contributed by atoms with Crippen LogP contribution in [0.2, 0.25) is 0 Å². The topological polar surface area (TPSA) is 75.0 Å². The van der Waals surface area contributed by atoms with Gasteiger partial charge in [0.2, 0.25) is 0 Å². The molecule has 1 aromatic rings. The number of carbonyl (C=O) groups excluding carboxylic acids is 1. The van der Waals surface area contributed by atoms with Crippen LogP contribution < -0.4 is 5.73 Å².